The number of para-hydroxylation sites is 1. The van der Waals surface area contributed by atoms with E-state index in [1.165, 1.54) is 29.0 Å². The molecule has 0 aliphatic carbocycles. The van der Waals surface area contributed by atoms with Crippen molar-refractivity contribution in [3.8, 4) is 0 Å². The van der Waals surface area contributed by atoms with Crippen molar-refractivity contribution in [1.29, 1.82) is 0 Å². The van der Waals surface area contributed by atoms with Crippen LogP contribution in [-0.4, -0.2) is 36.5 Å². The molecule has 5 nitrogen and oxygen atoms in total. The van der Waals surface area contributed by atoms with E-state index in [4.69, 9.17) is 4.42 Å². The Bertz CT molecular complexity index is 1020. The van der Waals surface area contributed by atoms with Crippen molar-refractivity contribution in [3.63, 3.8) is 0 Å². The van der Waals surface area contributed by atoms with E-state index < -0.39 is 0 Å². The van der Waals surface area contributed by atoms with Gasteiger partial charge in [0.2, 0.25) is 0 Å². The van der Waals surface area contributed by atoms with Gasteiger partial charge >= 0.3 is 0 Å². The third kappa shape index (κ3) is 4.14. The molecular weight excluding hydrogens is 406 g/mol. The zero-order chi connectivity index (χ0) is 21.2. The molecule has 162 valence electrons. The molecule has 2 aliphatic rings. The lowest BCUT2D eigenvalue weighted by atomic mass is 10.1. The first kappa shape index (κ1) is 20.3. The van der Waals surface area contributed by atoms with E-state index >= 15 is 0 Å². The number of carbonyl (C=O) groups excluding carboxylic acids is 1. The zero-order valence-electron chi connectivity index (χ0n) is 17.9. The summed E-state index contributed by atoms with van der Waals surface area (Å²) in [6.07, 6.45) is 5.12. The smallest absolute Gasteiger partial charge is 0.254 e. The molecule has 3 aromatic rings. The number of benzene rings is 1. The highest BCUT2D eigenvalue weighted by Crippen LogP contribution is 2.34. The Kier molecular flexibility index (Phi) is 5.83. The Labute approximate surface area is 187 Å². The highest BCUT2D eigenvalue weighted by atomic mass is 32.1. The van der Waals surface area contributed by atoms with Crippen molar-refractivity contribution >= 4 is 22.9 Å². The van der Waals surface area contributed by atoms with Crippen molar-refractivity contribution in [2.24, 2.45) is 0 Å². The summed E-state index contributed by atoms with van der Waals surface area (Å²) in [5, 5.41) is 5.31. The molecule has 0 bridgehead atoms. The topological polar surface area (TPSA) is 48.7 Å². The maximum atomic E-state index is 13.1. The fraction of sp³-hybridized carbons (Fsp3) is 0.400. The average Bonchev–Trinajstić information content (AvgIpc) is 3.58. The maximum absolute atomic E-state index is 13.1. The van der Waals surface area contributed by atoms with Crippen LogP contribution in [0.1, 0.15) is 52.4 Å². The van der Waals surface area contributed by atoms with Crippen LogP contribution in [0.2, 0.25) is 0 Å². The molecule has 31 heavy (non-hydrogen) atoms. The van der Waals surface area contributed by atoms with E-state index in [9.17, 15) is 4.79 Å². The average molecular weight is 436 g/mol. The second-order valence-electron chi connectivity index (χ2n) is 8.55. The molecule has 0 saturated carbocycles. The second kappa shape index (κ2) is 8.89. The van der Waals surface area contributed by atoms with Crippen molar-refractivity contribution in [1.82, 2.24) is 10.2 Å². The van der Waals surface area contributed by atoms with Gasteiger partial charge in [-0.15, -0.1) is 11.3 Å². The van der Waals surface area contributed by atoms with Gasteiger partial charge in [-0.2, -0.15) is 0 Å². The van der Waals surface area contributed by atoms with Crippen molar-refractivity contribution < 1.29 is 9.21 Å². The summed E-state index contributed by atoms with van der Waals surface area (Å²) in [7, 11) is 0. The Morgan fingerprint density at radius 3 is 2.84 bits per heavy atom. The van der Waals surface area contributed by atoms with Crippen molar-refractivity contribution in [3.05, 3.63) is 75.9 Å². The number of carbonyl (C=O) groups is 1. The Morgan fingerprint density at radius 2 is 2.03 bits per heavy atom. The van der Waals surface area contributed by atoms with Gasteiger partial charge in [-0.3, -0.25) is 9.69 Å². The first-order valence-electron chi connectivity index (χ1n) is 11.2. The van der Waals surface area contributed by atoms with E-state index in [2.05, 4.69) is 63.8 Å². The van der Waals surface area contributed by atoms with Crippen molar-refractivity contribution in [2.45, 2.75) is 44.8 Å². The van der Waals surface area contributed by atoms with E-state index in [0.29, 0.717) is 24.7 Å². The summed E-state index contributed by atoms with van der Waals surface area (Å²) in [5.74, 6) is 0.680. The molecule has 4 heterocycles. The lowest BCUT2D eigenvalue weighted by Crippen LogP contribution is -2.37. The Balaban J connectivity index is 1.28. The quantitative estimate of drug-likeness (QED) is 0.576. The number of anilines is 1. The standard InChI is InChI=1S/C25H29N3O2S/c1-18-15-19-7-2-3-8-21(19)28(18)17-23-20(10-13-30-23)25(29)26-16-22(24-9-6-14-31-24)27-11-4-5-12-27/h2-3,6-10,13-14,18,22H,4-5,11-12,15-17H2,1H3,(H,26,29). The maximum Gasteiger partial charge on any atom is 0.254 e. The number of hydrogen-bond donors (Lipinski definition) is 1. The van der Waals surface area contributed by atoms with Gasteiger partial charge in [0.15, 0.2) is 0 Å². The van der Waals surface area contributed by atoms with E-state index in [1.54, 1.807) is 23.7 Å². The molecule has 6 heteroatoms. The van der Waals surface area contributed by atoms with Crippen LogP contribution in [0.3, 0.4) is 0 Å². The van der Waals surface area contributed by atoms with Crippen LogP contribution in [0.5, 0.6) is 0 Å². The molecule has 0 spiro atoms. The largest absolute Gasteiger partial charge is 0.467 e. The van der Waals surface area contributed by atoms with Crippen LogP contribution in [0, 0.1) is 0 Å². The van der Waals surface area contributed by atoms with E-state index in [1.807, 2.05) is 0 Å². The van der Waals surface area contributed by atoms with E-state index in [0.717, 1.165) is 25.3 Å². The molecule has 1 fully saturated rings. The molecule has 2 atom stereocenters. The number of nitrogens with one attached hydrogen (secondary N) is 1. The highest BCUT2D eigenvalue weighted by Gasteiger charge is 2.29. The summed E-state index contributed by atoms with van der Waals surface area (Å²) in [6.45, 7) is 5.65. The van der Waals surface area contributed by atoms with Gasteiger partial charge in [0.1, 0.15) is 5.76 Å². The minimum atomic E-state index is -0.0513. The molecule has 2 unspecified atom stereocenters. The molecule has 1 amide bonds. The summed E-state index contributed by atoms with van der Waals surface area (Å²) >= 11 is 1.77. The number of amides is 1. The number of fused-ring (bicyclic) bond motifs is 1. The van der Waals surface area contributed by atoms with E-state index in [-0.39, 0.29) is 11.9 Å². The van der Waals surface area contributed by atoms with Gasteiger partial charge in [-0.05, 0) is 68.4 Å². The van der Waals surface area contributed by atoms with Gasteiger partial charge in [-0.1, -0.05) is 24.3 Å². The van der Waals surface area contributed by atoms with Gasteiger partial charge in [0.25, 0.3) is 5.91 Å². The Hall–Kier alpha value is -2.57. The fourth-order valence-corrected chi connectivity index (χ4v) is 5.78. The second-order valence-corrected chi connectivity index (χ2v) is 9.53. The normalized spacial score (nSPS) is 19.5. The third-order valence-corrected chi connectivity index (χ3v) is 7.53. The lowest BCUT2D eigenvalue weighted by Gasteiger charge is -2.27. The summed E-state index contributed by atoms with van der Waals surface area (Å²) in [5.41, 5.74) is 3.24. The van der Waals surface area contributed by atoms with Gasteiger partial charge < -0.3 is 14.6 Å². The lowest BCUT2D eigenvalue weighted by molar-refractivity contribution is 0.0936. The van der Waals surface area contributed by atoms with Crippen LogP contribution in [0.15, 0.2) is 58.5 Å². The molecular formula is C25H29N3O2S. The monoisotopic (exact) mass is 435 g/mol. The number of nitrogens with zero attached hydrogens (tertiary/aromatic N) is 2. The van der Waals surface area contributed by atoms with Crippen LogP contribution < -0.4 is 10.2 Å². The number of hydrogen-bond acceptors (Lipinski definition) is 5. The van der Waals surface area contributed by atoms with Crippen molar-refractivity contribution in [2.75, 3.05) is 24.5 Å². The van der Waals surface area contributed by atoms with Gasteiger partial charge in [0.05, 0.1) is 24.4 Å². The molecule has 2 aliphatic heterocycles. The fourth-order valence-electron chi connectivity index (χ4n) is 4.92. The van der Waals surface area contributed by atoms with Crippen LogP contribution in [0.25, 0.3) is 0 Å². The summed E-state index contributed by atoms with van der Waals surface area (Å²) < 4.78 is 5.78. The summed E-state index contributed by atoms with van der Waals surface area (Å²) in [6, 6.07) is 15.2. The zero-order valence-corrected chi connectivity index (χ0v) is 18.7. The molecule has 0 radical (unpaired) electrons. The molecule has 2 aromatic heterocycles. The van der Waals surface area contributed by atoms with Gasteiger partial charge in [0, 0.05) is 23.2 Å². The molecule has 1 N–H and O–H groups in total. The first-order chi connectivity index (χ1) is 15.2. The molecule has 1 saturated heterocycles. The predicted molar refractivity (Wildman–Crippen MR) is 125 cm³/mol. The first-order valence-corrected chi connectivity index (χ1v) is 12.1. The van der Waals surface area contributed by atoms with Crippen LogP contribution >= 0.6 is 11.3 Å². The number of rotatable bonds is 7. The summed E-state index contributed by atoms with van der Waals surface area (Å²) in [4.78, 5) is 19.3. The number of likely N-dealkylation sites (tertiary alicyclic amines) is 1. The third-order valence-electron chi connectivity index (χ3n) is 6.56. The highest BCUT2D eigenvalue weighted by molar-refractivity contribution is 7.10. The number of furan rings is 1. The SMILES string of the molecule is CC1Cc2ccccc2N1Cc1occc1C(=O)NCC(c1cccs1)N1CCCC1. The van der Waals surface area contributed by atoms with Crippen LogP contribution in [-0.2, 0) is 13.0 Å². The minimum Gasteiger partial charge on any atom is -0.467 e. The minimum absolute atomic E-state index is 0.0513. The Morgan fingerprint density at radius 1 is 1.19 bits per heavy atom. The van der Waals surface area contributed by atoms with Gasteiger partial charge in [-0.25, -0.2) is 0 Å². The van der Waals surface area contributed by atoms with Crippen LogP contribution in [0.4, 0.5) is 5.69 Å². The molecule has 1 aromatic carbocycles. The predicted octanol–water partition coefficient (Wildman–Crippen LogP) is 4.86. The molecule has 5 rings (SSSR count). The number of thiophene rings is 1.